The van der Waals surface area contributed by atoms with Crippen molar-refractivity contribution in [3.63, 3.8) is 0 Å². The Morgan fingerprint density at radius 2 is 1.10 bits per heavy atom. The van der Waals surface area contributed by atoms with Gasteiger partial charge in [-0.3, -0.25) is 0 Å². The van der Waals surface area contributed by atoms with Gasteiger partial charge in [-0.2, -0.15) is 5.10 Å². The first-order valence-corrected chi connectivity index (χ1v) is 10.2. The highest BCUT2D eigenvalue weighted by atomic mass is 16.5. The van der Waals surface area contributed by atoms with E-state index in [2.05, 4.69) is 43.0 Å². The van der Waals surface area contributed by atoms with Crippen LogP contribution >= 0.6 is 0 Å². The van der Waals surface area contributed by atoms with Crippen LogP contribution in [0.2, 0.25) is 0 Å². The Labute approximate surface area is 179 Å². The van der Waals surface area contributed by atoms with Crippen molar-refractivity contribution in [2.24, 2.45) is 5.10 Å². The van der Waals surface area contributed by atoms with Crippen molar-refractivity contribution >= 4 is 23.3 Å². The molecule has 5 heteroatoms. The molecule has 30 heavy (non-hydrogen) atoms. The van der Waals surface area contributed by atoms with Crippen molar-refractivity contribution in [2.45, 2.75) is 13.8 Å². The fourth-order valence-corrected chi connectivity index (χ4v) is 3.21. The van der Waals surface area contributed by atoms with Crippen LogP contribution in [0.15, 0.2) is 77.9 Å². The van der Waals surface area contributed by atoms with Crippen LogP contribution in [0.3, 0.4) is 0 Å². The Morgan fingerprint density at radius 1 is 0.667 bits per heavy atom. The molecule has 0 N–H and O–H groups in total. The van der Waals surface area contributed by atoms with Crippen LogP contribution in [0.25, 0.3) is 0 Å². The minimum atomic E-state index is 0.810. The van der Waals surface area contributed by atoms with Crippen LogP contribution in [0.4, 0.5) is 17.1 Å². The van der Waals surface area contributed by atoms with Gasteiger partial charge < -0.3 is 14.4 Å². The molecule has 156 valence electrons. The minimum absolute atomic E-state index is 0.810. The monoisotopic (exact) mass is 403 g/mol. The van der Waals surface area contributed by atoms with Crippen molar-refractivity contribution in [2.75, 3.05) is 37.2 Å². The second-order valence-corrected chi connectivity index (χ2v) is 6.72. The predicted octanol–water partition coefficient (Wildman–Crippen LogP) is 5.72. The maximum absolute atomic E-state index is 5.29. The summed E-state index contributed by atoms with van der Waals surface area (Å²) in [6, 6.07) is 24.1. The first-order valence-electron chi connectivity index (χ1n) is 10.2. The smallest absolute Gasteiger partial charge is 0.119 e. The molecule has 5 nitrogen and oxygen atoms in total. The Hall–Kier alpha value is -3.47. The largest absolute Gasteiger partial charge is 0.497 e. The molecule has 0 heterocycles. The molecule has 0 bridgehead atoms. The molecule has 0 atom stereocenters. The minimum Gasteiger partial charge on any atom is -0.497 e. The molecule has 0 radical (unpaired) electrons. The second-order valence-electron chi connectivity index (χ2n) is 6.72. The zero-order valence-electron chi connectivity index (χ0n) is 18.1. The maximum atomic E-state index is 5.29. The third-order valence-corrected chi connectivity index (χ3v) is 4.98. The summed E-state index contributed by atoms with van der Waals surface area (Å²) in [5.74, 6) is 1.62. The Kier molecular flexibility index (Phi) is 7.33. The quantitative estimate of drug-likeness (QED) is 0.338. The normalized spacial score (nSPS) is 10.8. The third-order valence-electron chi connectivity index (χ3n) is 4.98. The number of hydrogen-bond donors (Lipinski definition) is 0. The van der Waals surface area contributed by atoms with Gasteiger partial charge in [-0.15, -0.1) is 0 Å². The topological polar surface area (TPSA) is 37.3 Å². The summed E-state index contributed by atoms with van der Waals surface area (Å²) in [7, 11) is 3.33. The van der Waals surface area contributed by atoms with E-state index in [1.165, 1.54) is 5.69 Å². The first kappa shape index (κ1) is 21.2. The van der Waals surface area contributed by atoms with Gasteiger partial charge in [-0.05, 0) is 80.1 Å². The molecular weight excluding hydrogens is 374 g/mol. The third kappa shape index (κ3) is 5.11. The molecule has 0 aliphatic rings. The van der Waals surface area contributed by atoms with E-state index < -0.39 is 0 Å². The lowest BCUT2D eigenvalue weighted by molar-refractivity contribution is 0.415. The van der Waals surface area contributed by atoms with Crippen LogP contribution < -0.4 is 19.4 Å². The van der Waals surface area contributed by atoms with E-state index in [9.17, 15) is 0 Å². The molecule has 0 saturated carbocycles. The van der Waals surface area contributed by atoms with Crippen molar-refractivity contribution in [3.05, 3.63) is 78.4 Å². The fraction of sp³-hybridized carbons (Fsp3) is 0.240. The Bertz CT molecular complexity index is 884. The van der Waals surface area contributed by atoms with Crippen LogP contribution in [0, 0.1) is 0 Å². The molecule has 0 spiro atoms. The van der Waals surface area contributed by atoms with Gasteiger partial charge in [0.15, 0.2) is 0 Å². The SMILES string of the molecule is CCN(CC)c1ccc(/C=N/N(c2ccc(OC)cc2)c2ccc(OC)cc2)cc1. The van der Waals surface area contributed by atoms with Gasteiger partial charge >= 0.3 is 0 Å². The molecule has 3 aromatic carbocycles. The van der Waals surface area contributed by atoms with Gasteiger partial charge in [-0.25, -0.2) is 5.01 Å². The zero-order valence-corrected chi connectivity index (χ0v) is 18.1. The van der Waals surface area contributed by atoms with Crippen LogP contribution in [-0.4, -0.2) is 33.5 Å². The average Bonchev–Trinajstić information content (AvgIpc) is 2.81. The van der Waals surface area contributed by atoms with Gasteiger partial charge in [0.25, 0.3) is 0 Å². The lowest BCUT2D eigenvalue weighted by Crippen LogP contribution is -2.21. The first-order chi connectivity index (χ1) is 14.7. The highest BCUT2D eigenvalue weighted by Gasteiger charge is 2.09. The maximum Gasteiger partial charge on any atom is 0.119 e. The average molecular weight is 404 g/mol. The van der Waals surface area contributed by atoms with E-state index in [0.29, 0.717) is 0 Å². The van der Waals surface area contributed by atoms with Crippen molar-refractivity contribution < 1.29 is 9.47 Å². The molecule has 0 aromatic heterocycles. The van der Waals surface area contributed by atoms with E-state index in [1.54, 1.807) is 14.2 Å². The number of hydrogen-bond acceptors (Lipinski definition) is 5. The van der Waals surface area contributed by atoms with E-state index in [-0.39, 0.29) is 0 Å². The van der Waals surface area contributed by atoms with E-state index in [0.717, 1.165) is 41.5 Å². The van der Waals surface area contributed by atoms with Crippen molar-refractivity contribution in [1.82, 2.24) is 0 Å². The fourth-order valence-electron chi connectivity index (χ4n) is 3.21. The number of benzene rings is 3. The standard InChI is InChI=1S/C25H29N3O2/c1-5-27(6-2)21-9-7-20(8-10-21)19-26-28(22-11-15-24(29-3)16-12-22)23-13-17-25(30-4)18-14-23/h7-19H,5-6H2,1-4H3/b26-19+. The van der Waals surface area contributed by atoms with E-state index in [4.69, 9.17) is 14.6 Å². The molecule has 0 aliphatic carbocycles. The van der Waals surface area contributed by atoms with Crippen molar-refractivity contribution in [1.29, 1.82) is 0 Å². The molecule has 0 saturated heterocycles. The number of hydrazone groups is 1. The number of rotatable bonds is 9. The summed E-state index contributed by atoms with van der Waals surface area (Å²) in [6.45, 7) is 6.32. The summed E-state index contributed by atoms with van der Waals surface area (Å²) in [5, 5.41) is 6.67. The van der Waals surface area contributed by atoms with Gasteiger partial charge in [0.2, 0.25) is 0 Å². The summed E-state index contributed by atoms with van der Waals surface area (Å²) in [6.07, 6.45) is 1.88. The number of methoxy groups -OCH3 is 2. The van der Waals surface area contributed by atoms with Crippen LogP contribution in [0.1, 0.15) is 19.4 Å². The summed E-state index contributed by atoms with van der Waals surface area (Å²) >= 11 is 0. The number of ether oxygens (including phenoxy) is 2. The summed E-state index contributed by atoms with van der Waals surface area (Å²) in [5.41, 5.74) is 4.14. The van der Waals surface area contributed by atoms with Gasteiger partial charge in [0.05, 0.1) is 31.8 Å². The van der Waals surface area contributed by atoms with Crippen LogP contribution in [-0.2, 0) is 0 Å². The molecule has 0 unspecified atom stereocenters. The number of anilines is 3. The van der Waals surface area contributed by atoms with Gasteiger partial charge in [0, 0.05) is 18.8 Å². The molecular formula is C25H29N3O2. The van der Waals surface area contributed by atoms with Gasteiger partial charge in [0.1, 0.15) is 11.5 Å². The highest BCUT2D eigenvalue weighted by molar-refractivity contribution is 5.82. The Balaban J connectivity index is 1.89. The molecule has 0 fully saturated rings. The second kappa shape index (κ2) is 10.3. The molecule has 0 aliphatic heterocycles. The van der Waals surface area contributed by atoms with Crippen LogP contribution in [0.5, 0.6) is 11.5 Å². The zero-order chi connectivity index (χ0) is 21.3. The molecule has 0 amide bonds. The van der Waals surface area contributed by atoms with Crippen molar-refractivity contribution in [3.8, 4) is 11.5 Å². The lowest BCUT2D eigenvalue weighted by atomic mass is 10.2. The summed E-state index contributed by atoms with van der Waals surface area (Å²) in [4.78, 5) is 2.32. The lowest BCUT2D eigenvalue weighted by Gasteiger charge is -2.21. The van der Waals surface area contributed by atoms with E-state index >= 15 is 0 Å². The molecule has 3 aromatic rings. The number of nitrogens with zero attached hydrogens (tertiary/aromatic N) is 3. The van der Waals surface area contributed by atoms with E-state index in [1.807, 2.05) is 59.8 Å². The van der Waals surface area contributed by atoms with Gasteiger partial charge in [-0.1, -0.05) is 12.1 Å². The Morgan fingerprint density at radius 3 is 1.50 bits per heavy atom. The highest BCUT2D eigenvalue weighted by Crippen LogP contribution is 2.29. The molecule has 3 rings (SSSR count). The summed E-state index contributed by atoms with van der Waals surface area (Å²) < 4.78 is 10.6. The predicted molar refractivity (Wildman–Crippen MR) is 126 cm³/mol.